The van der Waals surface area contributed by atoms with E-state index >= 15 is 0 Å². The Bertz CT molecular complexity index is 511. The highest BCUT2D eigenvalue weighted by Crippen LogP contribution is 2.68. The fourth-order valence-corrected chi connectivity index (χ4v) is 3.35. The second-order valence-corrected chi connectivity index (χ2v) is 6.00. The molecule has 2 saturated carbocycles. The van der Waals surface area contributed by atoms with E-state index in [1.807, 2.05) is 19.1 Å². The molecule has 0 aliphatic heterocycles. The minimum atomic E-state index is 0.316. The Morgan fingerprint density at radius 2 is 2.33 bits per heavy atom. The van der Waals surface area contributed by atoms with Crippen molar-refractivity contribution in [2.45, 2.75) is 33.7 Å². The molecule has 3 heteroatoms. The first-order chi connectivity index (χ1) is 8.51. The van der Waals surface area contributed by atoms with Gasteiger partial charge in [0.2, 0.25) is 0 Å². The van der Waals surface area contributed by atoms with Crippen LogP contribution in [0.15, 0.2) is 34.1 Å². The van der Waals surface area contributed by atoms with E-state index < -0.39 is 0 Å². The van der Waals surface area contributed by atoms with Crippen LogP contribution in [0, 0.1) is 17.3 Å². The van der Waals surface area contributed by atoms with Crippen LogP contribution in [0.3, 0.4) is 0 Å². The fourth-order valence-electron chi connectivity index (χ4n) is 3.35. The molecular weight excluding hydrogens is 226 g/mol. The largest absolute Gasteiger partial charge is 0.467 e. The summed E-state index contributed by atoms with van der Waals surface area (Å²) in [5, 5.41) is 3.32. The third kappa shape index (κ3) is 1.61. The van der Waals surface area contributed by atoms with Crippen LogP contribution in [0.5, 0.6) is 0 Å². The zero-order valence-electron chi connectivity index (χ0n) is 11.1. The lowest BCUT2D eigenvalue weighted by atomic mass is 9.95. The minimum absolute atomic E-state index is 0.316. The zero-order chi connectivity index (χ0) is 12.9. The molecule has 3 rings (SSSR count). The molecule has 3 nitrogen and oxygen atoms in total. The first-order valence-electron chi connectivity index (χ1n) is 6.52. The number of rotatable bonds is 3. The summed E-state index contributed by atoms with van der Waals surface area (Å²) >= 11 is 0. The molecular formula is C15H19NO2. The molecule has 1 heterocycles. The number of hydrogen-bond acceptors (Lipinski definition) is 3. The van der Waals surface area contributed by atoms with E-state index in [0.717, 1.165) is 23.5 Å². The topological polar surface area (TPSA) is 42.2 Å². The molecule has 96 valence electrons. The third-order valence-corrected chi connectivity index (χ3v) is 4.58. The summed E-state index contributed by atoms with van der Waals surface area (Å²) in [6.07, 6.45) is 2.40. The molecule has 2 aliphatic carbocycles. The third-order valence-electron chi connectivity index (χ3n) is 4.58. The van der Waals surface area contributed by atoms with Gasteiger partial charge in [-0.15, -0.1) is 0 Å². The quantitative estimate of drug-likeness (QED) is 0.833. The number of furan rings is 1. The van der Waals surface area contributed by atoms with Gasteiger partial charge in [-0.05, 0) is 36.3 Å². The van der Waals surface area contributed by atoms with Gasteiger partial charge in [-0.3, -0.25) is 4.79 Å². The summed E-state index contributed by atoms with van der Waals surface area (Å²) in [6.45, 7) is 7.17. The summed E-state index contributed by atoms with van der Waals surface area (Å²) < 4.78 is 5.28. The van der Waals surface area contributed by atoms with Crippen molar-refractivity contribution in [3.63, 3.8) is 0 Å². The van der Waals surface area contributed by atoms with E-state index in [1.165, 1.54) is 0 Å². The Labute approximate surface area is 107 Å². The van der Waals surface area contributed by atoms with Crippen molar-refractivity contribution in [1.29, 1.82) is 0 Å². The highest BCUT2D eigenvalue weighted by Gasteiger charge is 2.65. The monoisotopic (exact) mass is 245 g/mol. The Hall–Kier alpha value is -1.51. The van der Waals surface area contributed by atoms with Crippen molar-refractivity contribution in [2.75, 3.05) is 0 Å². The molecule has 0 radical (unpaired) electrons. The summed E-state index contributed by atoms with van der Waals surface area (Å²) in [6, 6.07) is 3.81. The Kier molecular flexibility index (Phi) is 2.40. The predicted molar refractivity (Wildman–Crippen MR) is 68.6 cm³/mol. The van der Waals surface area contributed by atoms with E-state index in [4.69, 9.17) is 4.42 Å². The van der Waals surface area contributed by atoms with E-state index in [2.05, 4.69) is 19.2 Å². The van der Waals surface area contributed by atoms with Crippen LogP contribution in [0.25, 0.3) is 0 Å². The Morgan fingerprint density at radius 3 is 2.94 bits per heavy atom. The highest BCUT2D eigenvalue weighted by atomic mass is 16.3. The van der Waals surface area contributed by atoms with Gasteiger partial charge in [0.1, 0.15) is 5.76 Å². The maximum atomic E-state index is 12.0. The molecule has 0 amide bonds. The zero-order valence-corrected chi connectivity index (χ0v) is 11.1. The van der Waals surface area contributed by atoms with Crippen molar-refractivity contribution in [3.05, 3.63) is 35.4 Å². The first kappa shape index (κ1) is 11.6. The van der Waals surface area contributed by atoms with Gasteiger partial charge in [-0.1, -0.05) is 13.8 Å². The van der Waals surface area contributed by atoms with E-state index in [-0.39, 0.29) is 0 Å². The SMILES string of the molecule is C/C(NCc1ccco1)=C1/C(=O)C[C@@H]2[C@H]1C2(C)C. The lowest BCUT2D eigenvalue weighted by Gasteiger charge is -2.13. The molecule has 0 spiro atoms. The fraction of sp³-hybridized carbons (Fsp3) is 0.533. The molecule has 0 unspecified atom stereocenters. The molecule has 2 atom stereocenters. The van der Waals surface area contributed by atoms with Crippen LogP contribution in [-0.4, -0.2) is 5.78 Å². The average Bonchev–Trinajstić information content (AvgIpc) is 2.79. The van der Waals surface area contributed by atoms with Crippen molar-refractivity contribution in [3.8, 4) is 0 Å². The van der Waals surface area contributed by atoms with Crippen LogP contribution >= 0.6 is 0 Å². The summed E-state index contributed by atoms with van der Waals surface area (Å²) in [7, 11) is 0. The normalized spacial score (nSPS) is 31.2. The lowest BCUT2D eigenvalue weighted by Crippen LogP contribution is -2.17. The van der Waals surface area contributed by atoms with Gasteiger partial charge < -0.3 is 9.73 Å². The van der Waals surface area contributed by atoms with E-state index in [9.17, 15) is 4.79 Å². The Morgan fingerprint density at radius 1 is 1.56 bits per heavy atom. The molecule has 0 bridgehead atoms. The van der Waals surface area contributed by atoms with Crippen molar-refractivity contribution in [1.82, 2.24) is 5.32 Å². The van der Waals surface area contributed by atoms with Crippen LogP contribution in [-0.2, 0) is 11.3 Å². The molecule has 2 aliphatic rings. The van der Waals surface area contributed by atoms with E-state index in [1.54, 1.807) is 6.26 Å². The smallest absolute Gasteiger partial charge is 0.161 e. The van der Waals surface area contributed by atoms with Crippen molar-refractivity contribution in [2.24, 2.45) is 17.3 Å². The first-order valence-corrected chi connectivity index (χ1v) is 6.52. The van der Waals surface area contributed by atoms with Gasteiger partial charge in [-0.2, -0.15) is 0 Å². The highest BCUT2D eigenvalue weighted by molar-refractivity contribution is 6.01. The second-order valence-electron chi connectivity index (χ2n) is 6.00. The molecule has 1 N–H and O–H groups in total. The van der Waals surface area contributed by atoms with Crippen molar-refractivity contribution < 1.29 is 9.21 Å². The van der Waals surface area contributed by atoms with Gasteiger partial charge in [0.15, 0.2) is 5.78 Å². The maximum Gasteiger partial charge on any atom is 0.161 e. The molecule has 18 heavy (non-hydrogen) atoms. The van der Waals surface area contributed by atoms with Gasteiger partial charge in [-0.25, -0.2) is 0 Å². The maximum absolute atomic E-state index is 12.0. The van der Waals surface area contributed by atoms with Crippen LogP contribution in [0.4, 0.5) is 0 Å². The summed E-state index contributed by atoms with van der Waals surface area (Å²) in [4.78, 5) is 12.0. The Balaban J connectivity index is 1.75. The predicted octanol–water partition coefficient (Wildman–Crippen LogP) is 2.89. The lowest BCUT2D eigenvalue weighted by molar-refractivity contribution is -0.115. The molecule has 2 fully saturated rings. The molecule has 1 aromatic rings. The number of carbonyl (C=O) groups excluding carboxylic acids is 1. The van der Waals surface area contributed by atoms with Crippen LogP contribution in [0.1, 0.15) is 33.0 Å². The molecule has 1 aromatic heterocycles. The average molecular weight is 245 g/mol. The second kappa shape index (κ2) is 3.74. The summed E-state index contributed by atoms with van der Waals surface area (Å²) in [5.41, 5.74) is 2.36. The van der Waals surface area contributed by atoms with E-state index in [0.29, 0.717) is 29.6 Å². The number of ketones is 1. The number of fused-ring (bicyclic) bond motifs is 1. The number of Topliss-reactive ketones (excluding diaryl/α,β-unsaturated/α-hetero) is 1. The standard InChI is InChI=1S/C15H19NO2/c1-9(16-8-10-5-4-6-18-10)13-12(17)7-11-14(13)15(11,2)3/h4-6,11,14,16H,7-8H2,1-3H3/b13-9+/t11-,14-/m1/s1. The minimum Gasteiger partial charge on any atom is -0.467 e. The summed E-state index contributed by atoms with van der Waals surface area (Å²) in [5.74, 6) is 2.26. The van der Waals surface area contributed by atoms with Gasteiger partial charge in [0, 0.05) is 17.7 Å². The van der Waals surface area contributed by atoms with Crippen molar-refractivity contribution >= 4 is 5.78 Å². The number of carbonyl (C=O) groups is 1. The number of nitrogens with one attached hydrogen (secondary N) is 1. The number of hydrogen-bond donors (Lipinski definition) is 1. The van der Waals surface area contributed by atoms with Gasteiger partial charge >= 0.3 is 0 Å². The molecule has 0 aromatic carbocycles. The number of allylic oxidation sites excluding steroid dienone is 2. The van der Waals surface area contributed by atoms with Gasteiger partial charge in [0.05, 0.1) is 12.8 Å². The van der Waals surface area contributed by atoms with Crippen LogP contribution in [0.2, 0.25) is 0 Å². The molecule has 0 saturated heterocycles. The van der Waals surface area contributed by atoms with Crippen LogP contribution < -0.4 is 5.32 Å². The van der Waals surface area contributed by atoms with Gasteiger partial charge in [0.25, 0.3) is 0 Å².